The molecule has 2 N–H and O–H groups in total. The maximum atomic E-state index is 12.8. The molecule has 2 aromatic rings. The number of likely N-dealkylation sites (tertiary alicyclic amines) is 1. The molecule has 1 fully saturated rings. The monoisotopic (exact) mass is 409 g/mol. The Hall–Kier alpha value is -2.77. The molecule has 0 atom stereocenters. The first-order valence-electron chi connectivity index (χ1n) is 10.6. The highest BCUT2D eigenvalue weighted by molar-refractivity contribution is 5.98. The second-order valence-corrected chi connectivity index (χ2v) is 8.01. The Bertz CT molecular complexity index is 915. The molecule has 0 aliphatic carbocycles. The van der Waals surface area contributed by atoms with Crippen molar-refractivity contribution in [2.45, 2.75) is 25.6 Å². The number of Topliss-reactive ketones (excluding diaryl/α,β-unsaturated/α-hetero) is 1. The molecule has 0 bridgehead atoms. The lowest BCUT2D eigenvalue weighted by atomic mass is 9.91. The molecule has 3 aliphatic rings. The number of anilines is 2. The van der Waals surface area contributed by atoms with Crippen LogP contribution in [0.2, 0.25) is 0 Å². The van der Waals surface area contributed by atoms with Crippen molar-refractivity contribution in [3.63, 3.8) is 0 Å². The van der Waals surface area contributed by atoms with Crippen LogP contribution in [0.3, 0.4) is 0 Å². The van der Waals surface area contributed by atoms with Gasteiger partial charge in [-0.15, -0.1) is 0 Å². The predicted octanol–water partition coefficient (Wildman–Crippen LogP) is 3.54. The number of hydrogen-bond acceptors (Lipinski definition) is 7. The zero-order valence-corrected chi connectivity index (χ0v) is 17.1. The van der Waals surface area contributed by atoms with Gasteiger partial charge in [-0.25, -0.2) is 0 Å². The number of ether oxygens (including phenoxy) is 3. The lowest BCUT2D eigenvalue weighted by Crippen LogP contribution is -2.55. The Balaban J connectivity index is 1.21. The second-order valence-electron chi connectivity index (χ2n) is 8.01. The van der Waals surface area contributed by atoms with Crippen molar-refractivity contribution in [2.75, 3.05) is 43.7 Å². The second kappa shape index (κ2) is 7.81. The van der Waals surface area contributed by atoms with Crippen molar-refractivity contribution < 1.29 is 19.0 Å². The molecule has 30 heavy (non-hydrogen) atoms. The van der Waals surface area contributed by atoms with Crippen molar-refractivity contribution in [2.24, 2.45) is 5.92 Å². The van der Waals surface area contributed by atoms with Crippen LogP contribution in [0.1, 0.15) is 30.1 Å². The van der Waals surface area contributed by atoms with E-state index in [0.717, 1.165) is 37.3 Å². The first-order valence-corrected chi connectivity index (χ1v) is 10.6. The van der Waals surface area contributed by atoms with Crippen molar-refractivity contribution in [3.05, 3.63) is 48.0 Å². The van der Waals surface area contributed by atoms with E-state index in [4.69, 9.17) is 14.2 Å². The van der Waals surface area contributed by atoms with Gasteiger partial charge >= 0.3 is 0 Å². The van der Waals surface area contributed by atoms with Gasteiger partial charge in [0.15, 0.2) is 17.3 Å². The zero-order chi connectivity index (χ0) is 20.6. The van der Waals surface area contributed by atoms with E-state index in [0.29, 0.717) is 36.1 Å². The Morgan fingerprint density at radius 3 is 2.50 bits per heavy atom. The maximum Gasteiger partial charge on any atom is 0.231 e. The third-order valence-electron chi connectivity index (χ3n) is 6.16. The van der Waals surface area contributed by atoms with E-state index in [-0.39, 0.29) is 12.6 Å². The van der Waals surface area contributed by atoms with E-state index in [1.807, 2.05) is 31.2 Å². The standard InChI is InChI=1S/C23H27N3O4/c1-2-30-23(24-18-5-3-4-6-19(18)25-23)17-9-11-26(12-10-17)14-20(27)16-7-8-21-22(13-16)29-15-28-21/h3-8,13,17,24-25H,2,9-12,14-15H2,1H3. The summed E-state index contributed by atoms with van der Waals surface area (Å²) in [4.78, 5) is 15.0. The summed E-state index contributed by atoms with van der Waals surface area (Å²) in [5, 5.41) is 7.16. The van der Waals surface area contributed by atoms with Crippen LogP contribution in [-0.4, -0.2) is 49.6 Å². The van der Waals surface area contributed by atoms with Gasteiger partial charge in [-0.3, -0.25) is 9.69 Å². The van der Waals surface area contributed by atoms with E-state index in [2.05, 4.69) is 27.7 Å². The number of para-hydroxylation sites is 2. The van der Waals surface area contributed by atoms with Gasteiger partial charge in [0.25, 0.3) is 0 Å². The quantitative estimate of drug-likeness (QED) is 0.707. The van der Waals surface area contributed by atoms with Gasteiger partial charge in [0, 0.05) is 18.1 Å². The molecule has 7 heteroatoms. The van der Waals surface area contributed by atoms with Gasteiger partial charge in [-0.1, -0.05) is 12.1 Å². The van der Waals surface area contributed by atoms with Gasteiger partial charge in [-0.05, 0) is 63.2 Å². The van der Waals surface area contributed by atoms with Gasteiger partial charge in [0.2, 0.25) is 12.6 Å². The highest BCUT2D eigenvalue weighted by Crippen LogP contribution is 2.41. The molecule has 7 nitrogen and oxygen atoms in total. The SMILES string of the molecule is CCOC1(C2CCN(CC(=O)c3ccc4c(c3)OCO4)CC2)Nc2ccccc2N1. The smallest absolute Gasteiger partial charge is 0.231 e. The third-order valence-corrected chi connectivity index (χ3v) is 6.16. The summed E-state index contributed by atoms with van der Waals surface area (Å²) in [7, 11) is 0. The number of rotatable bonds is 6. The minimum atomic E-state index is -0.578. The molecule has 5 rings (SSSR count). The summed E-state index contributed by atoms with van der Waals surface area (Å²) >= 11 is 0. The summed E-state index contributed by atoms with van der Waals surface area (Å²) in [6.07, 6.45) is 1.89. The first kappa shape index (κ1) is 19.2. The Kier molecular flexibility index (Phi) is 5.00. The molecule has 3 heterocycles. The summed E-state index contributed by atoms with van der Waals surface area (Å²) in [6.45, 7) is 4.98. The van der Waals surface area contributed by atoms with E-state index < -0.39 is 5.85 Å². The minimum Gasteiger partial charge on any atom is -0.454 e. The number of ketones is 1. The van der Waals surface area contributed by atoms with E-state index in [9.17, 15) is 4.79 Å². The molecular formula is C23H27N3O4. The molecule has 158 valence electrons. The molecule has 0 aromatic heterocycles. The highest BCUT2D eigenvalue weighted by atomic mass is 16.7. The van der Waals surface area contributed by atoms with Gasteiger partial charge in [-0.2, -0.15) is 0 Å². The summed E-state index contributed by atoms with van der Waals surface area (Å²) in [6, 6.07) is 13.6. The molecular weight excluding hydrogens is 382 g/mol. The van der Waals surface area contributed by atoms with Crippen LogP contribution in [0.15, 0.2) is 42.5 Å². The molecule has 0 radical (unpaired) electrons. The van der Waals surface area contributed by atoms with E-state index >= 15 is 0 Å². The van der Waals surface area contributed by atoms with Crippen LogP contribution in [0.5, 0.6) is 11.5 Å². The number of nitrogens with one attached hydrogen (secondary N) is 2. The third kappa shape index (κ3) is 3.48. The van der Waals surface area contributed by atoms with E-state index in [1.165, 1.54) is 0 Å². The number of piperidine rings is 1. The summed E-state index contributed by atoms with van der Waals surface area (Å²) < 4.78 is 16.9. The van der Waals surface area contributed by atoms with Gasteiger partial charge < -0.3 is 24.8 Å². The normalized spacial score (nSPS) is 19.8. The molecule has 1 saturated heterocycles. The fourth-order valence-electron chi connectivity index (χ4n) is 4.62. The van der Waals surface area contributed by atoms with Crippen LogP contribution in [0.4, 0.5) is 11.4 Å². The van der Waals surface area contributed by atoms with Gasteiger partial charge in [0.1, 0.15) is 0 Å². The fourth-order valence-corrected chi connectivity index (χ4v) is 4.62. The average molecular weight is 409 g/mol. The number of carbonyl (C=O) groups excluding carboxylic acids is 1. The average Bonchev–Trinajstić information content (AvgIpc) is 3.38. The lowest BCUT2D eigenvalue weighted by Gasteiger charge is -2.42. The number of fused-ring (bicyclic) bond motifs is 2. The van der Waals surface area contributed by atoms with Crippen molar-refractivity contribution in [3.8, 4) is 11.5 Å². The molecule has 0 saturated carbocycles. The molecule has 2 aromatic carbocycles. The largest absolute Gasteiger partial charge is 0.454 e. The molecule has 0 spiro atoms. The topological polar surface area (TPSA) is 72.1 Å². The molecule has 3 aliphatic heterocycles. The number of carbonyl (C=O) groups is 1. The Labute approximate surface area is 176 Å². The minimum absolute atomic E-state index is 0.107. The first-order chi connectivity index (χ1) is 14.7. The summed E-state index contributed by atoms with van der Waals surface area (Å²) in [5.74, 6) is 1.19. The van der Waals surface area contributed by atoms with Crippen LogP contribution in [0, 0.1) is 5.92 Å². The highest BCUT2D eigenvalue weighted by Gasteiger charge is 2.45. The fraction of sp³-hybridized carbons (Fsp3) is 0.435. The van der Waals surface area contributed by atoms with Gasteiger partial charge in [0.05, 0.1) is 17.9 Å². The molecule has 0 amide bonds. The predicted molar refractivity (Wildman–Crippen MR) is 114 cm³/mol. The van der Waals surface area contributed by atoms with Crippen molar-refractivity contribution in [1.82, 2.24) is 4.90 Å². The molecule has 0 unspecified atom stereocenters. The zero-order valence-electron chi connectivity index (χ0n) is 17.1. The lowest BCUT2D eigenvalue weighted by molar-refractivity contribution is -0.0533. The number of hydrogen-bond donors (Lipinski definition) is 2. The van der Waals surface area contributed by atoms with Crippen molar-refractivity contribution in [1.29, 1.82) is 0 Å². The Morgan fingerprint density at radius 1 is 1.10 bits per heavy atom. The number of benzene rings is 2. The number of nitrogens with zero attached hydrogens (tertiary/aromatic N) is 1. The summed E-state index contributed by atoms with van der Waals surface area (Å²) in [5.41, 5.74) is 2.82. The van der Waals surface area contributed by atoms with Crippen LogP contribution >= 0.6 is 0 Å². The van der Waals surface area contributed by atoms with Crippen molar-refractivity contribution >= 4 is 17.2 Å². The maximum absolute atomic E-state index is 12.8. The van der Waals surface area contributed by atoms with Crippen LogP contribution in [-0.2, 0) is 4.74 Å². The van der Waals surface area contributed by atoms with Crippen LogP contribution in [0.25, 0.3) is 0 Å². The van der Waals surface area contributed by atoms with Crippen LogP contribution < -0.4 is 20.1 Å². The van der Waals surface area contributed by atoms with E-state index in [1.54, 1.807) is 6.07 Å². The Morgan fingerprint density at radius 2 is 1.80 bits per heavy atom.